The number of benzene rings is 1. The minimum atomic E-state index is 0. The second-order valence-corrected chi connectivity index (χ2v) is 6.58. The zero-order valence-corrected chi connectivity index (χ0v) is 14.4. The summed E-state index contributed by atoms with van der Waals surface area (Å²) in [4.78, 5) is 14.4. The Kier molecular flexibility index (Phi) is 7.99. The summed E-state index contributed by atoms with van der Waals surface area (Å²) < 4.78 is 0. The van der Waals surface area contributed by atoms with Gasteiger partial charge < -0.3 is 11.1 Å². The van der Waals surface area contributed by atoms with Crippen LogP contribution in [0.5, 0.6) is 0 Å². The average Bonchev–Trinajstić information content (AvgIpc) is 2.87. The molecule has 1 aromatic heterocycles. The topological polar surface area (TPSA) is 55.1 Å². The Morgan fingerprint density at radius 1 is 1.14 bits per heavy atom. The van der Waals surface area contributed by atoms with E-state index in [1.807, 2.05) is 35.6 Å². The van der Waals surface area contributed by atoms with Crippen LogP contribution in [0, 0.1) is 6.92 Å². The summed E-state index contributed by atoms with van der Waals surface area (Å²) in [5, 5.41) is 2.97. The number of aryl methyl sites for hydroxylation is 2. The molecule has 3 N–H and O–H groups in total. The van der Waals surface area contributed by atoms with Crippen molar-refractivity contribution in [1.82, 2.24) is 5.32 Å². The highest BCUT2D eigenvalue weighted by Gasteiger charge is 2.03. The molecule has 2 rings (SSSR count). The van der Waals surface area contributed by atoms with Crippen molar-refractivity contribution >= 4 is 35.3 Å². The fraction of sp³-hybridized carbons (Fsp3) is 0.353. The Bertz CT molecular complexity index is 581. The van der Waals surface area contributed by atoms with Gasteiger partial charge in [0.25, 0.3) is 0 Å². The third-order valence-electron chi connectivity index (χ3n) is 3.34. The number of nitrogens with one attached hydrogen (secondary N) is 1. The van der Waals surface area contributed by atoms with Gasteiger partial charge in [0.05, 0.1) is 0 Å². The van der Waals surface area contributed by atoms with E-state index in [4.69, 9.17) is 5.73 Å². The van der Waals surface area contributed by atoms with Crippen LogP contribution < -0.4 is 11.1 Å². The fourth-order valence-electron chi connectivity index (χ4n) is 2.16. The molecule has 1 aromatic carbocycles. The van der Waals surface area contributed by atoms with E-state index < -0.39 is 0 Å². The number of halogens is 1. The number of carbonyl (C=O) groups excluding carboxylic acids is 1. The Hall–Kier alpha value is -1.52. The van der Waals surface area contributed by atoms with E-state index in [0.717, 1.165) is 24.9 Å². The molecule has 0 bridgehead atoms. The van der Waals surface area contributed by atoms with Gasteiger partial charge in [-0.3, -0.25) is 4.79 Å². The van der Waals surface area contributed by atoms with Gasteiger partial charge in [-0.05, 0) is 56.0 Å². The first-order valence-electron chi connectivity index (χ1n) is 7.30. The molecule has 0 atom stereocenters. The maximum Gasteiger partial charge on any atom is 0.220 e. The lowest BCUT2D eigenvalue weighted by molar-refractivity contribution is -0.121. The summed E-state index contributed by atoms with van der Waals surface area (Å²) in [6, 6.07) is 12.1. The van der Waals surface area contributed by atoms with Crippen LogP contribution in [0.4, 0.5) is 5.69 Å². The Labute approximate surface area is 142 Å². The normalized spacial score (nSPS) is 10.0. The summed E-state index contributed by atoms with van der Waals surface area (Å²) in [6.45, 7) is 2.79. The van der Waals surface area contributed by atoms with Gasteiger partial charge in [-0.2, -0.15) is 0 Å². The molecule has 0 saturated carbocycles. The minimum Gasteiger partial charge on any atom is -0.399 e. The lowest BCUT2D eigenvalue weighted by Gasteiger charge is -2.05. The van der Waals surface area contributed by atoms with Gasteiger partial charge in [0.2, 0.25) is 5.91 Å². The van der Waals surface area contributed by atoms with Crippen molar-refractivity contribution in [3.8, 4) is 0 Å². The number of rotatable bonds is 7. The predicted molar refractivity (Wildman–Crippen MR) is 96.8 cm³/mol. The van der Waals surface area contributed by atoms with Crippen molar-refractivity contribution < 1.29 is 4.79 Å². The maximum atomic E-state index is 11.8. The first-order valence-corrected chi connectivity index (χ1v) is 8.11. The first kappa shape index (κ1) is 18.5. The van der Waals surface area contributed by atoms with Gasteiger partial charge in [-0.15, -0.1) is 23.7 Å². The number of hydrogen-bond acceptors (Lipinski definition) is 3. The molecule has 0 aliphatic carbocycles. The molecular formula is C17H23ClN2OS. The first-order chi connectivity index (χ1) is 10.1. The summed E-state index contributed by atoms with van der Waals surface area (Å²) in [7, 11) is 0. The van der Waals surface area contributed by atoms with E-state index in [2.05, 4.69) is 24.4 Å². The van der Waals surface area contributed by atoms with Crippen LogP contribution in [0.25, 0.3) is 0 Å². The molecule has 0 unspecified atom stereocenters. The number of hydrogen-bond donors (Lipinski definition) is 2. The van der Waals surface area contributed by atoms with Crippen LogP contribution in [0.2, 0.25) is 0 Å². The van der Waals surface area contributed by atoms with Gasteiger partial charge in [0, 0.05) is 28.4 Å². The van der Waals surface area contributed by atoms with E-state index >= 15 is 0 Å². The number of anilines is 1. The molecular weight excluding hydrogens is 316 g/mol. The quantitative estimate of drug-likeness (QED) is 0.755. The molecule has 0 aliphatic rings. The molecule has 3 nitrogen and oxygen atoms in total. The largest absolute Gasteiger partial charge is 0.399 e. The van der Waals surface area contributed by atoms with E-state index in [1.165, 1.54) is 15.3 Å². The highest BCUT2D eigenvalue weighted by molar-refractivity contribution is 7.11. The molecule has 120 valence electrons. The van der Waals surface area contributed by atoms with Crippen molar-refractivity contribution in [2.75, 3.05) is 12.3 Å². The van der Waals surface area contributed by atoms with Crippen LogP contribution >= 0.6 is 23.7 Å². The van der Waals surface area contributed by atoms with Gasteiger partial charge in [-0.25, -0.2) is 0 Å². The Morgan fingerprint density at radius 2 is 1.86 bits per heavy atom. The van der Waals surface area contributed by atoms with Crippen LogP contribution in [0.15, 0.2) is 36.4 Å². The van der Waals surface area contributed by atoms with Crippen molar-refractivity contribution in [1.29, 1.82) is 0 Å². The average molecular weight is 339 g/mol. The smallest absolute Gasteiger partial charge is 0.220 e. The third kappa shape index (κ3) is 6.50. The summed E-state index contributed by atoms with van der Waals surface area (Å²) in [5.74, 6) is 0.138. The van der Waals surface area contributed by atoms with Crippen molar-refractivity contribution in [3.05, 3.63) is 51.7 Å². The molecule has 0 fully saturated rings. The molecule has 22 heavy (non-hydrogen) atoms. The van der Waals surface area contributed by atoms with E-state index in [0.29, 0.717) is 13.0 Å². The molecule has 1 amide bonds. The van der Waals surface area contributed by atoms with E-state index in [1.54, 1.807) is 0 Å². The SMILES string of the molecule is Cc1ccc(CCCC(=O)NCCc2ccc(N)cc2)s1.Cl. The highest BCUT2D eigenvalue weighted by Crippen LogP contribution is 2.17. The number of thiophene rings is 1. The van der Waals surface area contributed by atoms with Gasteiger partial charge >= 0.3 is 0 Å². The zero-order valence-electron chi connectivity index (χ0n) is 12.8. The van der Waals surface area contributed by atoms with Crippen molar-refractivity contribution in [3.63, 3.8) is 0 Å². The van der Waals surface area contributed by atoms with Crippen LogP contribution in [0.3, 0.4) is 0 Å². The van der Waals surface area contributed by atoms with Crippen LogP contribution in [-0.2, 0) is 17.6 Å². The molecule has 0 saturated heterocycles. The van der Waals surface area contributed by atoms with Crippen molar-refractivity contribution in [2.24, 2.45) is 0 Å². The summed E-state index contributed by atoms with van der Waals surface area (Å²) in [6.07, 6.45) is 3.34. The van der Waals surface area contributed by atoms with Gasteiger partial charge in [-0.1, -0.05) is 12.1 Å². The second kappa shape index (κ2) is 9.49. The molecule has 5 heteroatoms. The number of nitrogen functional groups attached to an aromatic ring is 1. The van der Waals surface area contributed by atoms with Crippen molar-refractivity contribution in [2.45, 2.75) is 32.6 Å². The van der Waals surface area contributed by atoms with E-state index in [-0.39, 0.29) is 18.3 Å². The monoisotopic (exact) mass is 338 g/mol. The van der Waals surface area contributed by atoms with Gasteiger partial charge in [0.1, 0.15) is 0 Å². The maximum absolute atomic E-state index is 11.8. The lowest BCUT2D eigenvalue weighted by atomic mass is 10.1. The highest BCUT2D eigenvalue weighted by atomic mass is 35.5. The summed E-state index contributed by atoms with van der Waals surface area (Å²) >= 11 is 1.81. The Balaban J connectivity index is 0.00000242. The van der Waals surface area contributed by atoms with Crippen LogP contribution in [0.1, 0.15) is 28.2 Å². The Morgan fingerprint density at radius 3 is 2.50 bits per heavy atom. The molecule has 2 aromatic rings. The zero-order chi connectivity index (χ0) is 15.1. The molecule has 0 radical (unpaired) electrons. The number of carbonyl (C=O) groups is 1. The van der Waals surface area contributed by atoms with Gasteiger partial charge in [0.15, 0.2) is 0 Å². The summed E-state index contributed by atoms with van der Waals surface area (Å²) in [5.41, 5.74) is 7.60. The fourth-order valence-corrected chi connectivity index (χ4v) is 3.09. The number of amides is 1. The van der Waals surface area contributed by atoms with E-state index in [9.17, 15) is 4.79 Å². The standard InChI is InChI=1S/C17H22N2OS.ClH/c1-13-5-10-16(21-13)3-2-4-17(20)19-12-11-14-6-8-15(18)9-7-14;/h5-10H,2-4,11-12,18H2,1H3,(H,19,20);1H. The molecule has 1 heterocycles. The third-order valence-corrected chi connectivity index (χ3v) is 4.40. The second-order valence-electron chi connectivity index (χ2n) is 5.21. The minimum absolute atomic E-state index is 0. The lowest BCUT2D eigenvalue weighted by Crippen LogP contribution is -2.25. The molecule has 0 aliphatic heterocycles. The molecule has 0 spiro atoms. The van der Waals surface area contributed by atoms with Crippen LogP contribution in [-0.4, -0.2) is 12.5 Å². The predicted octanol–water partition coefficient (Wildman–Crippen LogP) is 3.74. The number of nitrogens with two attached hydrogens (primary N) is 1.